The second-order valence-corrected chi connectivity index (χ2v) is 7.40. The van der Waals surface area contributed by atoms with E-state index >= 15 is 0 Å². The van der Waals surface area contributed by atoms with Crippen LogP contribution in [-0.4, -0.2) is 29.3 Å². The van der Waals surface area contributed by atoms with Crippen molar-refractivity contribution < 1.29 is 18.8 Å². The number of nitrogens with zero attached hydrogens (tertiary/aromatic N) is 1. The van der Waals surface area contributed by atoms with Crippen molar-refractivity contribution in [3.8, 4) is 0 Å². The molecule has 2 unspecified atom stereocenters. The number of nitrogens with one attached hydrogen (secondary N) is 2. The molecule has 1 saturated heterocycles. The minimum atomic E-state index is -1.07. The van der Waals surface area contributed by atoms with E-state index in [1.165, 1.54) is 6.26 Å². The summed E-state index contributed by atoms with van der Waals surface area (Å²) >= 11 is 0. The predicted molar refractivity (Wildman–Crippen MR) is 101 cm³/mol. The summed E-state index contributed by atoms with van der Waals surface area (Å²) in [5.41, 5.74) is 0.848. The average molecular weight is 381 g/mol. The maximum atomic E-state index is 13.3. The van der Waals surface area contributed by atoms with Gasteiger partial charge in [-0.1, -0.05) is 24.3 Å². The van der Waals surface area contributed by atoms with Crippen molar-refractivity contribution in [2.45, 2.75) is 44.2 Å². The van der Waals surface area contributed by atoms with Gasteiger partial charge in [-0.05, 0) is 55.9 Å². The third kappa shape index (κ3) is 3.06. The fourth-order valence-electron chi connectivity index (χ4n) is 4.16. The van der Waals surface area contributed by atoms with Crippen molar-refractivity contribution in [2.75, 3.05) is 6.54 Å². The number of fused-ring (bicyclic) bond motifs is 2. The molecule has 2 heterocycles. The van der Waals surface area contributed by atoms with Gasteiger partial charge in [-0.2, -0.15) is 0 Å². The highest BCUT2D eigenvalue weighted by atomic mass is 16.3. The largest absolute Gasteiger partial charge is 0.467 e. The standard InChI is InChI=1S/C21H23N3O4/c1-14(17-10-6-12-28-17)22-18(25)13-24-19(26)21(23-20(24)27)11-5-4-8-15-7-2-3-9-16(15)21/h2-3,6-7,9-10,12,14H,4-5,8,11,13H2,1H3,(H,22,25)(H,23,27). The molecule has 0 bridgehead atoms. The molecular formula is C21H23N3O4. The topological polar surface area (TPSA) is 91.7 Å². The SMILES string of the molecule is CC(NC(=O)CN1C(=O)NC2(CCCCc3ccccc32)C1=O)c1ccco1. The Morgan fingerprint density at radius 3 is 2.86 bits per heavy atom. The predicted octanol–water partition coefficient (Wildman–Crippen LogP) is 2.63. The summed E-state index contributed by atoms with van der Waals surface area (Å²) in [6.07, 6.45) is 4.74. The number of imide groups is 1. The van der Waals surface area contributed by atoms with Crippen molar-refractivity contribution in [3.63, 3.8) is 0 Å². The Balaban J connectivity index is 1.54. The van der Waals surface area contributed by atoms with Gasteiger partial charge in [0, 0.05) is 0 Å². The van der Waals surface area contributed by atoms with Crippen LogP contribution in [0.15, 0.2) is 47.1 Å². The van der Waals surface area contributed by atoms with Crippen LogP contribution in [0.2, 0.25) is 0 Å². The van der Waals surface area contributed by atoms with E-state index in [0.717, 1.165) is 35.3 Å². The molecule has 1 spiro atoms. The van der Waals surface area contributed by atoms with Crippen LogP contribution in [0.25, 0.3) is 0 Å². The number of amides is 4. The zero-order valence-electron chi connectivity index (χ0n) is 15.7. The molecule has 0 saturated carbocycles. The molecule has 1 aromatic carbocycles. The molecule has 7 heteroatoms. The number of aryl methyl sites for hydroxylation is 1. The summed E-state index contributed by atoms with van der Waals surface area (Å²) in [6, 6.07) is 10.4. The lowest BCUT2D eigenvalue weighted by Gasteiger charge is -2.27. The van der Waals surface area contributed by atoms with E-state index in [-0.39, 0.29) is 18.5 Å². The van der Waals surface area contributed by atoms with Crippen LogP contribution in [0.5, 0.6) is 0 Å². The van der Waals surface area contributed by atoms with Crippen LogP contribution < -0.4 is 10.6 Å². The number of urea groups is 1. The molecule has 1 fully saturated rings. The monoisotopic (exact) mass is 381 g/mol. The first kappa shape index (κ1) is 18.3. The molecule has 4 rings (SSSR count). The lowest BCUT2D eigenvalue weighted by atomic mass is 9.84. The molecule has 1 aromatic heterocycles. The maximum Gasteiger partial charge on any atom is 0.325 e. The van der Waals surface area contributed by atoms with E-state index in [1.807, 2.05) is 24.3 Å². The number of benzene rings is 1. The van der Waals surface area contributed by atoms with Gasteiger partial charge in [-0.3, -0.25) is 14.5 Å². The molecule has 2 N–H and O–H groups in total. The Bertz CT molecular complexity index is 908. The molecule has 0 radical (unpaired) electrons. The van der Waals surface area contributed by atoms with Gasteiger partial charge in [-0.15, -0.1) is 0 Å². The van der Waals surface area contributed by atoms with E-state index in [9.17, 15) is 14.4 Å². The summed E-state index contributed by atoms with van der Waals surface area (Å²) in [7, 11) is 0. The third-order valence-electron chi connectivity index (χ3n) is 5.55. The van der Waals surface area contributed by atoms with E-state index in [1.54, 1.807) is 19.1 Å². The van der Waals surface area contributed by atoms with Crippen molar-refractivity contribution in [1.82, 2.24) is 15.5 Å². The molecule has 28 heavy (non-hydrogen) atoms. The van der Waals surface area contributed by atoms with E-state index in [2.05, 4.69) is 10.6 Å². The van der Waals surface area contributed by atoms with Gasteiger partial charge >= 0.3 is 6.03 Å². The fourth-order valence-corrected chi connectivity index (χ4v) is 4.16. The summed E-state index contributed by atoms with van der Waals surface area (Å²) in [4.78, 5) is 39.4. The van der Waals surface area contributed by atoms with Gasteiger partial charge in [0.1, 0.15) is 17.8 Å². The number of furan rings is 1. The number of hydrogen-bond donors (Lipinski definition) is 2. The molecule has 1 aliphatic carbocycles. The first-order valence-corrected chi connectivity index (χ1v) is 9.56. The highest BCUT2D eigenvalue weighted by Gasteiger charge is 2.53. The lowest BCUT2D eigenvalue weighted by molar-refractivity contribution is -0.135. The maximum absolute atomic E-state index is 13.3. The second kappa shape index (κ2) is 7.14. The van der Waals surface area contributed by atoms with Crippen molar-refractivity contribution in [3.05, 3.63) is 59.5 Å². The van der Waals surface area contributed by atoms with E-state index < -0.39 is 17.5 Å². The van der Waals surface area contributed by atoms with Gasteiger partial charge in [0.25, 0.3) is 5.91 Å². The van der Waals surface area contributed by atoms with Crippen LogP contribution in [0.4, 0.5) is 4.79 Å². The minimum Gasteiger partial charge on any atom is -0.467 e. The third-order valence-corrected chi connectivity index (χ3v) is 5.55. The van der Waals surface area contributed by atoms with E-state index in [4.69, 9.17) is 4.42 Å². The number of hydrogen-bond acceptors (Lipinski definition) is 4. The van der Waals surface area contributed by atoms with Gasteiger partial charge in [0.05, 0.1) is 12.3 Å². The van der Waals surface area contributed by atoms with Crippen LogP contribution in [0.3, 0.4) is 0 Å². The Morgan fingerprint density at radius 2 is 2.07 bits per heavy atom. The zero-order valence-corrected chi connectivity index (χ0v) is 15.7. The van der Waals surface area contributed by atoms with Crippen molar-refractivity contribution >= 4 is 17.8 Å². The molecule has 7 nitrogen and oxygen atoms in total. The van der Waals surface area contributed by atoms with Crippen LogP contribution >= 0.6 is 0 Å². The molecular weight excluding hydrogens is 358 g/mol. The molecule has 1 aliphatic heterocycles. The lowest BCUT2D eigenvalue weighted by Crippen LogP contribution is -2.45. The van der Waals surface area contributed by atoms with Crippen molar-refractivity contribution in [1.29, 1.82) is 0 Å². The summed E-state index contributed by atoms with van der Waals surface area (Å²) in [6.45, 7) is 1.46. The average Bonchev–Trinajstić information content (AvgIpc) is 3.24. The summed E-state index contributed by atoms with van der Waals surface area (Å²) < 4.78 is 5.28. The first-order chi connectivity index (χ1) is 13.5. The molecule has 4 amide bonds. The summed E-state index contributed by atoms with van der Waals surface area (Å²) in [5, 5.41) is 5.66. The van der Waals surface area contributed by atoms with E-state index in [0.29, 0.717) is 12.2 Å². The fraction of sp³-hybridized carbons (Fsp3) is 0.381. The Hall–Kier alpha value is -3.09. The molecule has 2 aliphatic rings. The zero-order chi connectivity index (χ0) is 19.7. The summed E-state index contributed by atoms with van der Waals surface area (Å²) in [5.74, 6) is -0.154. The quantitative estimate of drug-likeness (QED) is 0.797. The van der Waals surface area contributed by atoms with Crippen LogP contribution in [-0.2, 0) is 21.5 Å². The van der Waals surface area contributed by atoms with Crippen molar-refractivity contribution in [2.24, 2.45) is 0 Å². The van der Waals surface area contributed by atoms with Gasteiger partial charge < -0.3 is 15.1 Å². The Labute approximate surface area is 163 Å². The normalized spacial score (nSPS) is 22.5. The number of rotatable bonds is 4. The van der Waals surface area contributed by atoms with Gasteiger partial charge in [-0.25, -0.2) is 4.79 Å². The minimum absolute atomic E-state index is 0.320. The molecule has 2 aromatic rings. The smallest absolute Gasteiger partial charge is 0.325 e. The number of carbonyl (C=O) groups is 3. The molecule has 2 atom stereocenters. The first-order valence-electron chi connectivity index (χ1n) is 9.56. The van der Waals surface area contributed by atoms with Crippen LogP contribution in [0, 0.1) is 0 Å². The number of carbonyl (C=O) groups excluding carboxylic acids is 3. The molecule has 146 valence electrons. The van der Waals surface area contributed by atoms with Gasteiger partial charge in [0.15, 0.2) is 0 Å². The Morgan fingerprint density at radius 1 is 1.25 bits per heavy atom. The van der Waals surface area contributed by atoms with Crippen LogP contribution in [0.1, 0.15) is 49.1 Å². The highest BCUT2D eigenvalue weighted by Crippen LogP contribution is 2.38. The Kier molecular flexibility index (Phi) is 4.66. The second-order valence-electron chi connectivity index (χ2n) is 7.40. The van der Waals surface area contributed by atoms with Gasteiger partial charge in [0.2, 0.25) is 5.91 Å². The highest BCUT2D eigenvalue weighted by molar-refractivity contribution is 6.09.